The van der Waals surface area contributed by atoms with Crippen LogP contribution in [0.5, 0.6) is 0 Å². The van der Waals surface area contributed by atoms with Crippen LogP contribution in [0.25, 0.3) is 32.3 Å². The number of aromatic nitrogens is 3. The number of hydrogen-bond acceptors (Lipinski definition) is 5. The van der Waals surface area contributed by atoms with Gasteiger partial charge in [0.25, 0.3) is 0 Å². The van der Waals surface area contributed by atoms with Crippen LogP contribution in [0.3, 0.4) is 0 Å². The molecule has 3 aromatic heterocycles. The number of pyridine rings is 2. The summed E-state index contributed by atoms with van der Waals surface area (Å²) in [4.78, 5) is 14.4. The normalized spacial score (nSPS) is 10.8. The van der Waals surface area contributed by atoms with Crippen molar-refractivity contribution in [3.05, 3.63) is 72.7 Å². The maximum atomic E-state index is 5.88. The summed E-state index contributed by atoms with van der Waals surface area (Å²) < 4.78 is 0. The lowest BCUT2D eigenvalue weighted by Gasteiger charge is -2.05. The fourth-order valence-electron chi connectivity index (χ4n) is 2.63. The van der Waals surface area contributed by atoms with Crippen LogP contribution in [-0.4, -0.2) is 15.0 Å². The Morgan fingerprint density at radius 2 is 1.68 bits per heavy atom. The number of hydrogen-bond donors (Lipinski definition) is 1. The van der Waals surface area contributed by atoms with E-state index < -0.39 is 0 Å². The summed E-state index contributed by atoms with van der Waals surface area (Å²) in [6.07, 6.45) is 5.38. The highest BCUT2D eigenvalue weighted by Gasteiger charge is 2.16. The second-order valence-corrected chi connectivity index (χ2v) is 6.72. The third-order valence-electron chi connectivity index (χ3n) is 3.98. The van der Waals surface area contributed by atoms with Crippen LogP contribution in [0.2, 0.25) is 0 Å². The molecule has 0 spiro atoms. The molecule has 0 saturated carbocycles. The Kier molecular flexibility index (Phi) is 3.99. The molecule has 0 aliphatic carbocycles. The molecule has 2 N–H and O–H groups in total. The van der Waals surface area contributed by atoms with E-state index in [-0.39, 0.29) is 0 Å². The molecule has 5 heteroatoms. The molecule has 0 amide bonds. The first-order valence-electron chi connectivity index (χ1n) is 7.91. The van der Waals surface area contributed by atoms with Crippen LogP contribution in [0.4, 0.5) is 5.82 Å². The molecule has 0 saturated heterocycles. The van der Waals surface area contributed by atoms with Gasteiger partial charge in [0.15, 0.2) is 0 Å². The quantitative estimate of drug-likeness (QED) is 0.578. The van der Waals surface area contributed by atoms with Gasteiger partial charge < -0.3 is 5.73 Å². The second kappa shape index (κ2) is 6.45. The smallest absolute Gasteiger partial charge is 0.126 e. The highest BCUT2D eigenvalue weighted by Crippen LogP contribution is 2.40. The van der Waals surface area contributed by atoms with Gasteiger partial charge in [-0.25, -0.2) is 9.97 Å². The Bertz CT molecular complexity index is 1010. The van der Waals surface area contributed by atoms with Crippen LogP contribution in [-0.2, 0) is 0 Å². The van der Waals surface area contributed by atoms with Crippen molar-refractivity contribution >= 4 is 17.2 Å². The van der Waals surface area contributed by atoms with Crippen molar-refractivity contribution in [2.75, 3.05) is 5.73 Å². The van der Waals surface area contributed by atoms with Gasteiger partial charge in [-0.15, -0.1) is 11.3 Å². The van der Waals surface area contributed by atoms with Gasteiger partial charge in [0.05, 0.1) is 10.6 Å². The van der Waals surface area contributed by atoms with Crippen LogP contribution in [0.1, 0.15) is 5.56 Å². The highest BCUT2D eigenvalue weighted by atomic mass is 32.1. The number of nitrogens with two attached hydrogens (primary N) is 1. The Labute approximate surface area is 150 Å². The third-order valence-corrected chi connectivity index (χ3v) is 5.14. The molecule has 1 aromatic carbocycles. The van der Waals surface area contributed by atoms with E-state index in [0.29, 0.717) is 5.82 Å². The third kappa shape index (κ3) is 3.02. The van der Waals surface area contributed by atoms with E-state index in [1.54, 1.807) is 23.7 Å². The Hall–Kier alpha value is -3.05. The fourth-order valence-corrected chi connectivity index (χ4v) is 3.71. The van der Waals surface area contributed by atoms with Crippen molar-refractivity contribution in [1.29, 1.82) is 0 Å². The molecular weight excluding hydrogens is 328 g/mol. The minimum atomic E-state index is 0.557. The first kappa shape index (κ1) is 15.5. The molecule has 0 aliphatic heterocycles. The topological polar surface area (TPSA) is 64.7 Å². The standard InChI is InChI=1S/C20H16N4S/c1-13-11-16(12-23-19(13)21)18-17(14-7-9-22-10-8-14)24-20(25-18)15-5-3-2-4-6-15/h2-12H,1H3,(H2,21,23). The number of nitrogens with zero attached hydrogens (tertiary/aromatic N) is 3. The van der Waals surface area contributed by atoms with E-state index in [1.165, 1.54) is 0 Å². The van der Waals surface area contributed by atoms with Crippen molar-refractivity contribution in [3.8, 4) is 32.3 Å². The first-order chi connectivity index (χ1) is 12.2. The van der Waals surface area contributed by atoms with E-state index in [0.717, 1.165) is 37.8 Å². The number of aryl methyl sites for hydroxylation is 1. The number of nitrogen functional groups attached to an aromatic ring is 1. The molecule has 0 radical (unpaired) electrons. The number of benzene rings is 1. The molecule has 0 unspecified atom stereocenters. The lowest BCUT2D eigenvalue weighted by Crippen LogP contribution is -1.94. The molecule has 0 fully saturated rings. The van der Waals surface area contributed by atoms with Gasteiger partial charge >= 0.3 is 0 Å². The monoisotopic (exact) mass is 344 g/mol. The lowest BCUT2D eigenvalue weighted by molar-refractivity contribution is 1.28. The number of thiazole rings is 1. The van der Waals surface area contributed by atoms with Crippen molar-refractivity contribution < 1.29 is 0 Å². The highest BCUT2D eigenvalue weighted by molar-refractivity contribution is 7.19. The predicted molar refractivity (Wildman–Crippen MR) is 103 cm³/mol. The SMILES string of the molecule is Cc1cc(-c2sc(-c3ccccc3)nc2-c2ccncc2)cnc1N. The van der Waals surface area contributed by atoms with Crippen LogP contribution in [0.15, 0.2) is 67.1 Å². The molecule has 122 valence electrons. The molecule has 0 atom stereocenters. The van der Waals surface area contributed by atoms with Gasteiger partial charge in [-0.05, 0) is 30.7 Å². The van der Waals surface area contributed by atoms with Gasteiger partial charge in [0.2, 0.25) is 0 Å². The summed E-state index contributed by atoms with van der Waals surface area (Å²) in [6.45, 7) is 1.97. The molecule has 3 heterocycles. The van der Waals surface area contributed by atoms with Crippen molar-refractivity contribution in [3.63, 3.8) is 0 Å². The minimum absolute atomic E-state index is 0.557. The minimum Gasteiger partial charge on any atom is -0.383 e. The Balaban J connectivity index is 1.92. The average molecular weight is 344 g/mol. The van der Waals surface area contributed by atoms with Gasteiger partial charge in [-0.1, -0.05) is 30.3 Å². The zero-order valence-electron chi connectivity index (χ0n) is 13.7. The summed E-state index contributed by atoms with van der Waals surface area (Å²) in [5.74, 6) is 0.557. The van der Waals surface area contributed by atoms with E-state index in [1.807, 2.05) is 43.5 Å². The van der Waals surface area contributed by atoms with Gasteiger partial charge in [-0.2, -0.15) is 0 Å². The van der Waals surface area contributed by atoms with E-state index >= 15 is 0 Å². The van der Waals surface area contributed by atoms with Crippen LogP contribution >= 0.6 is 11.3 Å². The molecule has 4 nitrogen and oxygen atoms in total. The van der Waals surface area contributed by atoms with Crippen LogP contribution < -0.4 is 5.73 Å². The van der Waals surface area contributed by atoms with E-state index in [9.17, 15) is 0 Å². The zero-order chi connectivity index (χ0) is 17.2. The van der Waals surface area contributed by atoms with Crippen molar-refractivity contribution in [2.24, 2.45) is 0 Å². The summed E-state index contributed by atoms with van der Waals surface area (Å²) in [6, 6.07) is 16.2. The lowest BCUT2D eigenvalue weighted by atomic mass is 10.1. The fraction of sp³-hybridized carbons (Fsp3) is 0.0500. The summed E-state index contributed by atoms with van der Waals surface area (Å²) in [5, 5.41) is 0.983. The van der Waals surface area contributed by atoms with Crippen molar-refractivity contribution in [1.82, 2.24) is 15.0 Å². The Morgan fingerprint density at radius 3 is 2.40 bits per heavy atom. The van der Waals surface area contributed by atoms with Gasteiger partial charge in [0.1, 0.15) is 10.8 Å². The number of rotatable bonds is 3. The van der Waals surface area contributed by atoms with Gasteiger partial charge in [-0.3, -0.25) is 4.98 Å². The van der Waals surface area contributed by atoms with E-state index in [4.69, 9.17) is 10.7 Å². The summed E-state index contributed by atoms with van der Waals surface area (Å²) in [5.41, 5.74) is 11.0. The summed E-state index contributed by atoms with van der Waals surface area (Å²) >= 11 is 1.66. The first-order valence-corrected chi connectivity index (χ1v) is 8.73. The molecular formula is C20H16N4S. The second-order valence-electron chi connectivity index (χ2n) is 5.72. The maximum Gasteiger partial charge on any atom is 0.126 e. The van der Waals surface area contributed by atoms with Crippen LogP contribution in [0, 0.1) is 6.92 Å². The molecule has 4 aromatic rings. The average Bonchev–Trinajstić information content (AvgIpc) is 3.11. The molecule has 4 rings (SSSR count). The summed E-state index contributed by atoms with van der Waals surface area (Å²) in [7, 11) is 0. The maximum absolute atomic E-state index is 5.88. The largest absolute Gasteiger partial charge is 0.383 e. The Morgan fingerprint density at radius 1 is 0.920 bits per heavy atom. The molecule has 0 aliphatic rings. The predicted octanol–water partition coefficient (Wildman–Crippen LogP) is 4.82. The van der Waals surface area contributed by atoms with E-state index in [2.05, 4.69) is 28.2 Å². The molecule has 0 bridgehead atoms. The number of anilines is 1. The van der Waals surface area contributed by atoms with Gasteiger partial charge in [0, 0.05) is 35.3 Å². The van der Waals surface area contributed by atoms with Crippen molar-refractivity contribution in [2.45, 2.75) is 6.92 Å². The zero-order valence-corrected chi connectivity index (χ0v) is 14.5. The molecule has 25 heavy (non-hydrogen) atoms.